The van der Waals surface area contributed by atoms with Crippen LogP contribution in [-0.4, -0.2) is 123 Å². The average molecular weight is 535 g/mol. The summed E-state index contributed by atoms with van der Waals surface area (Å²) in [5.74, 6) is 2.21. The van der Waals surface area contributed by atoms with Gasteiger partial charge in [-0.25, -0.2) is 4.79 Å². The highest BCUT2D eigenvalue weighted by Crippen LogP contribution is 2.06. The normalized spacial score (nSPS) is 11.2. The summed E-state index contributed by atoms with van der Waals surface area (Å²) in [4.78, 5) is 22.7. The van der Waals surface area contributed by atoms with Gasteiger partial charge >= 0.3 is 6.09 Å². The number of hydrogen-bond donors (Lipinski definition) is 2. The van der Waals surface area contributed by atoms with Crippen LogP contribution >= 0.6 is 0 Å². The largest absolute Gasteiger partial charge is 0.444 e. The van der Waals surface area contributed by atoms with Crippen LogP contribution in [-0.2, 0) is 42.7 Å². The molecule has 0 aromatic carbocycles. The Bertz CT molecular complexity index is 593. The van der Waals surface area contributed by atoms with Crippen molar-refractivity contribution in [3.63, 3.8) is 0 Å². The zero-order valence-corrected chi connectivity index (χ0v) is 22.7. The number of nitrogens with one attached hydrogen (secondary N) is 2. The third-order valence-corrected chi connectivity index (χ3v) is 4.01. The van der Waals surface area contributed by atoms with Gasteiger partial charge in [-0.3, -0.25) is 4.79 Å². The maximum atomic E-state index is 11.4. The lowest BCUT2D eigenvalue weighted by molar-refractivity contribution is -0.122. The fraction of sp³-hybridized carbons (Fsp3) is 0.840. The second-order valence-corrected chi connectivity index (χ2v) is 8.45. The van der Waals surface area contributed by atoms with Gasteiger partial charge in [0, 0.05) is 13.0 Å². The molecule has 0 saturated carbocycles. The Hall–Kier alpha value is -1.98. The van der Waals surface area contributed by atoms with Crippen molar-refractivity contribution in [1.29, 1.82) is 0 Å². The van der Waals surface area contributed by atoms with E-state index >= 15 is 0 Å². The van der Waals surface area contributed by atoms with E-state index < -0.39 is 11.7 Å². The molecular weight excluding hydrogens is 488 g/mol. The van der Waals surface area contributed by atoms with Crippen molar-refractivity contribution in [1.82, 2.24) is 10.6 Å². The quantitative estimate of drug-likeness (QED) is 0.128. The molecule has 37 heavy (non-hydrogen) atoms. The molecule has 216 valence electrons. The number of amides is 2. The van der Waals surface area contributed by atoms with E-state index in [1.165, 1.54) is 0 Å². The first kappa shape index (κ1) is 35.0. The smallest absolute Gasteiger partial charge is 0.407 e. The molecule has 0 aromatic heterocycles. The maximum Gasteiger partial charge on any atom is 0.407 e. The predicted molar refractivity (Wildman–Crippen MR) is 136 cm³/mol. The molecule has 0 spiro atoms. The third kappa shape index (κ3) is 30.1. The second-order valence-electron chi connectivity index (χ2n) is 8.45. The molecule has 0 aromatic rings. The number of ether oxygens (including phenoxy) is 8. The minimum atomic E-state index is -0.511. The van der Waals surface area contributed by atoms with Crippen molar-refractivity contribution < 1.29 is 47.5 Å². The summed E-state index contributed by atoms with van der Waals surface area (Å²) in [5, 5.41) is 5.18. The number of carbonyl (C=O) groups is 2. The first-order chi connectivity index (χ1) is 17.8. The second kappa shape index (κ2) is 25.7. The van der Waals surface area contributed by atoms with Crippen molar-refractivity contribution in [3.8, 4) is 12.3 Å². The van der Waals surface area contributed by atoms with Gasteiger partial charge in [0.25, 0.3) is 0 Å². The zero-order chi connectivity index (χ0) is 27.5. The Morgan fingerprint density at radius 1 is 0.622 bits per heavy atom. The summed E-state index contributed by atoms with van der Waals surface area (Å²) >= 11 is 0. The lowest BCUT2D eigenvalue weighted by Gasteiger charge is -2.19. The van der Waals surface area contributed by atoms with Gasteiger partial charge in [0.2, 0.25) is 5.91 Å². The summed E-state index contributed by atoms with van der Waals surface area (Å²) in [6.45, 7) is 12.3. The number of rotatable bonds is 25. The Morgan fingerprint density at radius 2 is 1.00 bits per heavy atom. The average Bonchev–Trinajstić information content (AvgIpc) is 2.84. The van der Waals surface area contributed by atoms with Gasteiger partial charge in [-0.1, -0.05) is 5.92 Å². The first-order valence-corrected chi connectivity index (χ1v) is 12.6. The molecule has 0 atom stereocenters. The van der Waals surface area contributed by atoms with E-state index in [0.717, 1.165) is 0 Å². The molecule has 0 aliphatic heterocycles. The molecule has 2 amide bonds. The lowest BCUT2D eigenvalue weighted by Crippen LogP contribution is -2.34. The molecule has 12 heteroatoms. The molecular formula is C25H46N2O10. The minimum Gasteiger partial charge on any atom is -0.444 e. The Labute approximate surface area is 221 Å². The molecule has 0 aliphatic carbocycles. The van der Waals surface area contributed by atoms with Crippen LogP contribution in [0.5, 0.6) is 0 Å². The van der Waals surface area contributed by atoms with E-state index in [9.17, 15) is 9.59 Å². The lowest BCUT2D eigenvalue weighted by atomic mass is 10.2. The van der Waals surface area contributed by atoms with Crippen LogP contribution in [0.2, 0.25) is 0 Å². The summed E-state index contributed by atoms with van der Waals surface area (Å²) in [6.07, 6.45) is 4.88. The van der Waals surface area contributed by atoms with Crippen LogP contribution in [0.15, 0.2) is 0 Å². The monoisotopic (exact) mass is 534 g/mol. The molecule has 0 rings (SSSR count). The van der Waals surface area contributed by atoms with Crippen LogP contribution in [0.4, 0.5) is 4.79 Å². The van der Waals surface area contributed by atoms with Crippen LogP contribution in [0, 0.1) is 12.3 Å². The van der Waals surface area contributed by atoms with Crippen molar-refractivity contribution >= 4 is 12.0 Å². The molecule has 0 bridgehead atoms. The Morgan fingerprint density at radius 3 is 1.38 bits per heavy atom. The molecule has 0 saturated heterocycles. The van der Waals surface area contributed by atoms with Gasteiger partial charge in [0.1, 0.15) is 5.60 Å². The van der Waals surface area contributed by atoms with E-state index in [1.54, 1.807) is 0 Å². The number of carbonyl (C=O) groups excluding carboxylic acids is 2. The summed E-state index contributed by atoms with van der Waals surface area (Å²) in [7, 11) is 0. The van der Waals surface area contributed by atoms with E-state index in [-0.39, 0.29) is 18.9 Å². The number of terminal acetylenes is 1. The van der Waals surface area contributed by atoms with Gasteiger partial charge in [-0.2, -0.15) is 0 Å². The minimum absolute atomic E-state index is 0.128. The fourth-order valence-corrected chi connectivity index (χ4v) is 2.36. The van der Waals surface area contributed by atoms with Crippen LogP contribution in [0.1, 0.15) is 27.2 Å². The van der Waals surface area contributed by atoms with E-state index in [1.807, 2.05) is 20.8 Å². The van der Waals surface area contributed by atoms with Gasteiger partial charge in [0.15, 0.2) is 0 Å². The highest BCUT2D eigenvalue weighted by molar-refractivity contribution is 5.76. The molecule has 0 aliphatic rings. The number of hydrogen-bond acceptors (Lipinski definition) is 10. The number of alkyl carbamates (subject to hydrolysis) is 1. The van der Waals surface area contributed by atoms with E-state index in [0.29, 0.717) is 99.0 Å². The van der Waals surface area contributed by atoms with Crippen molar-refractivity contribution in [3.05, 3.63) is 0 Å². The van der Waals surface area contributed by atoms with E-state index in [4.69, 9.17) is 44.3 Å². The molecule has 0 heterocycles. The topological polar surface area (TPSA) is 132 Å². The summed E-state index contributed by atoms with van der Waals surface area (Å²) in [5.41, 5.74) is -0.511. The molecule has 12 nitrogen and oxygen atoms in total. The van der Waals surface area contributed by atoms with Crippen molar-refractivity contribution in [2.45, 2.75) is 32.8 Å². The molecule has 0 unspecified atom stereocenters. The molecule has 0 radical (unpaired) electrons. The van der Waals surface area contributed by atoms with Crippen LogP contribution in [0.25, 0.3) is 0 Å². The SMILES string of the molecule is C#CCNC(=O)CCOCCOCCOCCOCCOCCOCCOCCNC(=O)OC(C)(C)C. The summed E-state index contributed by atoms with van der Waals surface area (Å²) < 4.78 is 42.8. The van der Waals surface area contributed by atoms with Gasteiger partial charge in [0.05, 0.1) is 99.0 Å². The fourth-order valence-electron chi connectivity index (χ4n) is 2.36. The standard InChI is InChI=1S/C25H46N2O10/c1-5-7-26-23(28)6-9-30-11-13-32-15-17-34-19-21-36-22-20-35-18-16-33-14-12-31-10-8-27-24(29)37-25(2,3)4/h1H,6-22H2,2-4H3,(H,26,28)(H,27,29). The predicted octanol–water partition coefficient (Wildman–Crippen LogP) is 0.767. The van der Waals surface area contributed by atoms with Crippen LogP contribution in [0.3, 0.4) is 0 Å². The van der Waals surface area contributed by atoms with Gasteiger partial charge < -0.3 is 48.5 Å². The summed E-state index contributed by atoms with van der Waals surface area (Å²) in [6, 6.07) is 0. The highest BCUT2D eigenvalue weighted by atomic mass is 16.6. The van der Waals surface area contributed by atoms with E-state index in [2.05, 4.69) is 16.6 Å². The van der Waals surface area contributed by atoms with Gasteiger partial charge in [-0.05, 0) is 20.8 Å². The van der Waals surface area contributed by atoms with Crippen molar-refractivity contribution in [2.75, 3.05) is 106 Å². The highest BCUT2D eigenvalue weighted by Gasteiger charge is 2.15. The maximum absolute atomic E-state index is 11.4. The zero-order valence-electron chi connectivity index (χ0n) is 22.7. The third-order valence-electron chi connectivity index (χ3n) is 4.01. The first-order valence-electron chi connectivity index (χ1n) is 12.6. The molecule has 0 fully saturated rings. The van der Waals surface area contributed by atoms with Crippen molar-refractivity contribution in [2.24, 2.45) is 0 Å². The van der Waals surface area contributed by atoms with Crippen LogP contribution < -0.4 is 10.6 Å². The molecule has 2 N–H and O–H groups in total. The Kier molecular flexibility index (Phi) is 24.3. The Balaban J connectivity index is 3.15. The van der Waals surface area contributed by atoms with Gasteiger partial charge in [-0.15, -0.1) is 6.42 Å².